The van der Waals surface area contributed by atoms with E-state index in [9.17, 15) is 5.11 Å². The smallest absolute Gasteiger partial charge is 0.120 e. The molecular formula is C17H29NO3. The summed E-state index contributed by atoms with van der Waals surface area (Å²) in [5.74, 6) is 2.43. The Morgan fingerprint density at radius 1 is 1.38 bits per heavy atom. The maximum atomic E-state index is 10.0. The number of aliphatic hydroxyl groups excluding tert-OH is 1. The average Bonchev–Trinajstić information content (AvgIpc) is 2.90. The summed E-state index contributed by atoms with van der Waals surface area (Å²) < 4.78 is 11.5. The summed E-state index contributed by atoms with van der Waals surface area (Å²) in [6, 6.07) is 4.03. The number of hydrogen-bond donors (Lipinski definition) is 2. The van der Waals surface area contributed by atoms with Gasteiger partial charge >= 0.3 is 0 Å². The van der Waals surface area contributed by atoms with Crippen LogP contribution in [-0.4, -0.2) is 30.5 Å². The molecular weight excluding hydrogens is 266 g/mol. The molecule has 1 heterocycles. The molecule has 4 nitrogen and oxygen atoms in total. The number of rotatable bonds is 7. The fraction of sp³-hybridized carbons (Fsp3) is 0.765. The predicted octanol–water partition coefficient (Wildman–Crippen LogP) is 3.19. The van der Waals surface area contributed by atoms with Crippen LogP contribution >= 0.6 is 0 Å². The molecule has 21 heavy (non-hydrogen) atoms. The van der Waals surface area contributed by atoms with Crippen LogP contribution in [0.5, 0.6) is 0 Å². The van der Waals surface area contributed by atoms with Gasteiger partial charge in [0.05, 0.1) is 24.9 Å². The number of aliphatic hydroxyl groups is 1. The van der Waals surface area contributed by atoms with E-state index < -0.39 is 6.10 Å². The molecule has 0 spiro atoms. The Kier molecular flexibility index (Phi) is 6.27. The van der Waals surface area contributed by atoms with Gasteiger partial charge in [0.15, 0.2) is 0 Å². The summed E-state index contributed by atoms with van der Waals surface area (Å²) >= 11 is 0. The lowest BCUT2D eigenvalue weighted by Crippen LogP contribution is -2.35. The summed E-state index contributed by atoms with van der Waals surface area (Å²) in [5.41, 5.74) is 0. The monoisotopic (exact) mass is 295 g/mol. The molecule has 4 heteroatoms. The van der Waals surface area contributed by atoms with Crippen molar-refractivity contribution in [2.45, 2.75) is 64.7 Å². The zero-order valence-corrected chi connectivity index (χ0v) is 13.5. The van der Waals surface area contributed by atoms with Crippen LogP contribution in [0.2, 0.25) is 0 Å². The zero-order valence-electron chi connectivity index (χ0n) is 13.5. The lowest BCUT2D eigenvalue weighted by molar-refractivity contribution is -0.0456. The molecule has 1 fully saturated rings. The normalized spacial score (nSPS) is 25.7. The van der Waals surface area contributed by atoms with Crippen LogP contribution in [0.4, 0.5) is 0 Å². The Balaban J connectivity index is 1.66. The third kappa shape index (κ3) is 5.13. The van der Waals surface area contributed by atoms with Crippen LogP contribution < -0.4 is 5.32 Å². The number of nitrogens with one attached hydrogen (secondary N) is 1. The van der Waals surface area contributed by atoms with Gasteiger partial charge in [-0.2, -0.15) is 0 Å². The van der Waals surface area contributed by atoms with Gasteiger partial charge in [-0.15, -0.1) is 0 Å². The molecule has 2 rings (SSSR count). The summed E-state index contributed by atoms with van der Waals surface area (Å²) in [7, 11) is 0. The molecule has 1 aliphatic rings. The fourth-order valence-corrected chi connectivity index (χ4v) is 2.92. The van der Waals surface area contributed by atoms with E-state index in [2.05, 4.69) is 12.2 Å². The van der Waals surface area contributed by atoms with Crippen molar-refractivity contribution in [3.8, 4) is 0 Å². The highest BCUT2D eigenvalue weighted by atomic mass is 16.5. The third-order valence-corrected chi connectivity index (χ3v) is 4.38. The Labute approximate surface area is 127 Å². The lowest BCUT2D eigenvalue weighted by Gasteiger charge is -2.29. The first-order valence-corrected chi connectivity index (χ1v) is 8.15. The molecule has 4 unspecified atom stereocenters. The zero-order chi connectivity index (χ0) is 15.2. The molecule has 0 aliphatic heterocycles. The molecule has 1 aliphatic carbocycles. The van der Waals surface area contributed by atoms with E-state index in [1.54, 1.807) is 0 Å². The molecule has 1 aromatic heterocycles. The molecule has 0 aromatic carbocycles. The number of ether oxygens (including phenoxy) is 1. The molecule has 0 saturated heterocycles. The molecule has 1 saturated carbocycles. The average molecular weight is 295 g/mol. The van der Waals surface area contributed by atoms with Gasteiger partial charge in [-0.3, -0.25) is 0 Å². The van der Waals surface area contributed by atoms with Gasteiger partial charge in [-0.1, -0.05) is 19.8 Å². The van der Waals surface area contributed by atoms with Gasteiger partial charge in [-0.05, 0) is 44.7 Å². The van der Waals surface area contributed by atoms with Crippen LogP contribution in [-0.2, 0) is 4.74 Å². The van der Waals surface area contributed by atoms with Gasteiger partial charge in [0, 0.05) is 6.54 Å². The fourth-order valence-electron chi connectivity index (χ4n) is 2.92. The standard InChI is InChI=1S/C17H29NO3/c1-12-6-4-5-7-16(12)20-11-15(19)10-18-14(3)17-9-8-13(2)21-17/h8-9,12,14-16,18-19H,4-7,10-11H2,1-3H3. The lowest BCUT2D eigenvalue weighted by atomic mass is 9.88. The first-order chi connectivity index (χ1) is 10.1. The number of hydrogen-bond acceptors (Lipinski definition) is 4. The van der Waals surface area contributed by atoms with Crippen LogP contribution in [0.1, 0.15) is 57.1 Å². The second-order valence-electron chi connectivity index (χ2n) is 6.37. The molecule has 0 radical (unpaired) electrons. The Bertz CT molecular complexity index is 418. The largest absolute Gasteiger partial charge is 0.465 e. The maximum Gasteiger partial charge on any atom is 0.120 e. The molecule has 2 N–H and O–H groups in total. The maximum absolute atomic E-state index is 10.0. The van der Waals surface area contributed by atoms with Crippen molar-refractivity contribution in [1.82, 2.24) is 5.32 Å². The predicted molar refractivity (Wildman–Crippen MR) is 83.2 cm³/mol. The minimum atomic E-state index is -0.474. The Morgan fingerprint density at radius 3 is 2.81 bits per heavy atom. The van der Waals surface area contributed by atoms with E-state index in [1.807, 2.05) is 26.0 Å². The quantitative estimate of drug-likeness (QED) is 0.811. The van der Waals surface area contributed by atoms with Crippen molar-refractivity contribution in [3.05, 3.63) is 23.7 Å². The first kappa shape index (κ1) is 16.5. The van der Waals surface area contributed by atoms with Crippen molar-refractivity contribution < 1.29 is 14.3 Å². The minimum Gasteiger partial charge on any atom is -0.465 e. The highest BCUT2D eigenvalue weighted by Crippen LogP contribution is 2.26. The molecule has 0 bridgehead atoms. The summed E-state index contributed by atoms with van der Waals surface area (Å²) in [5, 5.41) is 13.3. The van der Waals surface area contributed by atoms with Gasteiger partial charge in [-0.25, -0.2) is 0 Å². The van der Waals surface area contributed by atoms with Crippen molar-refractivity contribution in [3.63, 3.8) is 0 Å². The number of furan rings is 1. The van der Waals surface area contributed by atoms with E-state index in [4.69, 9.17) is 9.15 Å². The number of aryl methyl sites for hydroxylation is 1. The van der Waals surface area contributed by atoms with Crippen LogP contribution in [0, 0.1) is 12.8 Å². The van der Waals surface area contributed by atoms with Gasteiger partial charge in [0.2, 0.25) is 0 Å². The SMILES string of the molecule is Cc1ccc(C(C)NCC(O)COC2CCCCC2C)o1. The van der Waals surface area contributed by atoms with E-state index in [0.29, 0.717) is 25.2 Å². The Hall–Kier alpha value is -0.840. The molecule has 1 aromatic rings. The third-order valence-electron chi connectivity index (χ3n) is 4.38. The van der Waals surface area contributed by atoms with Crippen LogP contribution in [0.3, 0.4) is 0 Å². The first-order valence-electron chi connectivity index (χ1n) is 8.15. The Morgan fingerprint density at radius 2 is 2.14 bits per heavy atom. The van der Waals surface area contributed by atoms with E-state index >= 15 is 0 Å². The summed E-state index contributed by atoms with van der Waals surface area (Å²) in [6.45, 7) is 7.14. The second kappa shape index (κ2) is 7.97. The highest BCUT2D eigenvalue weighted by molar-refractivity contribution is 5.08. The highest BCUT2D eigenvalue weighted by Gasteiger charge is 2.22. The van der Waals surface area contributed by atoms with Crippen molar-refractivity contribution in [2.75, 3.05) is 13.2 Å². The summed E-state index contributed by atoms with van der Waals surface area (Å²) in [6.07, 6.45) is 4.77. The summed E-state index contributed by atoms with van der Waals surface area (Å²) in [4.78, 5) is 0. The van der Waals surface area contributed by atoms with Crippen molar-refractivity contribution in [1.29, 1.82) is 0 Å². The van der Waals surface area contributed by atoms with Gasteiger partial charge in [0.1, 0.15) is 11.5 Å². The van der Waals surface area contributed by atoms with E-state index in [-0.39, 0.29) is 6.04 Å². The van der Waals surface area contributed by atoms with E-state index in [0.717, 1.165) is 17.9 Å². The second-order valence-corrected chi connectivity index (χ2v) is 6.37. The minimum absolute atomic E-state index is 0.0990. The van der Waals surface area contributed by atoms with Gasteiger partial charge in [0.25, 0.3) is 0 Å². The van der Waals surface area contributed by atoms with Crippen LogP contribution in [0.25, 0.3) is 0 Å². The van der Waals surface area contributed by atoms with Gasteiger partial charge < -0.3 is 19.6 Å². The van der Waals surface area contributed by atoms with Crippen molar-refractivity contribution >= 4 is 0 Å². The topological polar surface area (TPSA) is 54.6 Å². The van der Waals surface area contributed by atoms with Crippen LogP contribution in [0.15, 0.2) is 16.5 Å². The molecule has 0 amide bonds. The van der Waals surface area contributed by atoms with E-state index in [1.165, 1.54) is 19.3 Å². The molecule has 120 valence electrons. The molecule has 4 atom stereocenters. The van der Waals surface area contributed by atoms with Crippen molar-refractivity contribution in [2.24, 2.45) is 5.92 Å².